The molecule has 0 fully saturated rings. The van der Waals surface area contributed by atoms with Crippen molar-refractivity contribution in [2.24, 2.45) is 0 Å². The van der Waals surface area contributed by atoms with E-state index in [4.69, 9.17) is 9.84 Å². The molecule has 0 spiro atoms. The highest BCUT2D eigenvalue weighted by atomic mass is 16.5. The van der Waals surface area contributed by atoms with Crippen LogP contribution >= 0.6 is 0 Å². The number of aromatic carboxylic acids is 1. The van der Waals surface area contributed by atoms with Gasteiger partial charge in [0, 0.05) is 20.2 Å². The van der Waals surface area contributed by atoms with Crippen molar-refractivity contribution in [2.45, 2.75) is 6.54 Å². The number of rotatable bonds is 6. The molecule has 0 aliphatic carbocycles. The lowest BCUT2D eigenvalue weighted by atomic mass is 10.1. The van der Waals surface area contributed by atoms with Crippen molar-refractivity contribution >= 4 is 12.0 Å². The van der Waals surface area contributed by atoms with E-state index in [-0.39, 0.29) is 18.1 Å². The van der Waals surface area contributed by atoms with Crippen LogP contribution in [0.3, 0.4) is 0 Å². The van der Waals surface area contributed by atoms with Crippen LogP contribution < -0.4 is 10.6 Å². The number of hydrogen-bond donors (Lipinski definition) is 3. The van der Waals surface area contributed by atoms with Gasteiger partial charge in [0.25, 0.3) is 0 Å². The summed E-state index contributed by atoms with van der Waals surface area (Å²) in [4.78, 5) is 22.1. The fourth-order valence-electron chi connectivity index (χ4n) is 1.33. The van der Waals surface area contributed by atoms with Crippen LogP contribution in [0.1, 0.15) is 15.9 Å². The number of carbonyl (C=O) groups excluding carboxylic acids is 1. The molecule has 2 amide bonds. The number of methoxy groups -OCH3 is 1. The Hall–Kier alpha value is -2.08. The molecule has 6 heteroatoms. The Morgan fingerprint density at radius 2 is 2.11 bits per heavy atom. The van der Waals surface area contributed by atoms with E-state index in [1.807, 2.05) is 0 Å². The van der Waals surface area contributed by atoms with Crippen molar-refractivity contribution in [3.8, 4) is 0 Å². The van der Waals surface area contributed by atoms with Gasteiger partial charge >= 0.3 is 12.0 Å². The van der Waals surface area contributed by atoms with Crippen LogP contribution in [0.4, 0.5) is 4.79 Å². The van der Waals surface area contributed by atoms with E-state index in [2.05, 4.69) is 10.6 Å². The van der Waals surface area contributed by atoms with Crippen molar-refractivity contribution in [1.82, 2.24) is 10.6 Å². The zero-order valence-electron chi connectivity index (χ0n) is 10.1. The summed E-state index contributed by atoms with van der Waals surface area (Å²) < 4.78 is 4.79. The van der Waals surface area contributed by atoms with Crippen molar-refractivity contribution < 1.29 is 19.4 Å². The molecule has 0 aliphatic rings. The smallest absolute Gasteiger partial charge is 0.335 e. The van der Waals surface area contributed by atoms with Crippen LogP contribution in [0, 0.1) is 0 Å². The molecule has 0 aromatic heterocycles. The van der Waals surface area contributed by atoms with E-state index >= 15 is 0 Å². The number of carboxylic acids is 1. The molecule has 0 unspecified atom stereocenters. The van der Waals surface area contributed by atoms with Gasteiger partial charge in [0.1, 0.15) is 0 Å². The number of urea groups is 1. The number of carboxylic acid groups (broad SMARTS) is 1. The zero-order valence-corrected chi connectivity index (χ0v) is 10.1. The quantitative estimate of drug-likeness (QED) is 0.654. The van der Waals surface area contributed by atoms with Gasteiger partial charge in [-0.15, -0.1) is 0 Å². The van der Waals surface area contributed by atoms with Gasteiger partial charge in [-0.1, -0.05) is 12.1 Å². The van der Waals surface area contributed by atoms with Crippen LogP contribution in [0.5, 0.6) is 0 Å². The summed E-state index contributed by atoms with van der Waals surface area (Å²) in [7, 11) is 1.55. The molecule has 0 heterocycles. The molecule has 98 valence electrons. The van der Waals surface area contributed by atoms with Gasteiger partial charge in [-0.2, -0.15) is 0 Å². The maximum atomic E-state index is 11.3. The molecule has 0 saturated heterocycles. The van der Waals surface area contributed by atoms with E-state index in [1.54, 1.807) is 19.2 Å². The molecule has 0 atom stereocenters. The lowest BCUT2D eigenvalue weighted by molar-refractivity contribution is 0.0696. The normalized spacial score (nSPS) is 9.83. The molecule has 0 bridgehead atoms. The first-order chi connectivity index (χ1) is 8.63. The van der Waals surface area contributed by atoms with Gasteiger partial charge in [-0.05, 0) is 17.7 Å². The number of amides is 2. The molecular formula is C12H16N2O4. The van der Waals surface area contributed by atoms with Gasteiger partial charge in [0.15, 0.2) is 0 Å². The van der Waals surface area contributed by atoms with Crippen molar-refractivity contribution in [3.05, 3.63) is 35.4 Å². The summed E-state index contributed by atoms with van der Waals surface area (Å²) in [5.41, 5.74) is 0.936. The predicted molar refractivity (Wildman–Crippen MR) is 65.5 cm³/mol. The summed E-state index contributed by atoms with van der Waals surface area (Å²) in [6.07, 6.45) is 0. The first-order valence-electron chi connectivity index (χ1n) is 5.46. The molecule has 3 N–H and O–H groups in total. The topological polar surface area (TPSA) is 87.7 Å². The summed E-state index contributed by atoms with van der Waals surface area (Å²) in [6, 6.07) is 6.11. The lowest BCUT2D eigenvalue weighted by Crippen LogP contribution is -2.36. The lowest BCUT2D eigenvalue weighted by Gasteiger charge is -2.07. The van der Waals surface area contributed by atoms with Crippen molar-refractivity contribution in [3.63, 3.8) is 0 Å². The first kappa shape index (κ1) is 14.0. The maximum Gasteiger partial charge on any atom is 0.335 e. The molecule has 6 nitrogen and oxygen atoms in total. The highest BCUT2D eigenvalue weighted by Crippen LogP contribution is 2.04. The molecule has 0 aliphatic heterocycles. The Bertz CT molecular complexity index is 420. The van der Waals surface area contributed by atoms with Gasteiger partial charge in [-0.3, -0.25) is 0 Å². The fourth-order valence-corrected chi connectivity index (χ4v) is 1.33. The third kappa shape index (κ3) is 4.84. The average Bonchev–Trinajstić information content (AvgIpc) is 2.37. The molecule has 0 radical (unpaired) electrons. The first-order valence-corrected chi connectivity index (χ1v) is 5.46. The van der Waals surface area contributed by atoms with Crippen LogP contribution in [-0.2, 0) is 11.3 Å². The van der Waals surface area contributed by atoms with Gasteiger partial charge in [0.2, 0.25) is 0 Å². The van der Waals surface area contributed by atoms with Gasteiger partial charge < -0.3 is 20.5 Å². The largest absolute Gasteiger partial charge is 0.478 e. The fraction of sp³-hybridized carbons (Fsp3) is 0.333. The van der Waals surface area contributed by atoms with Crippen LogP contribution in [0.25, 0.3) is 0 Å². The SMILES string of the molecule is COCCNC(=O)NCc1cccc(C(=O)O)c1. The molecule has 1 aromatic carbocycles. The van der Waals surface area contributed by atoms with Gasteiger partial charge in [0.05, 0.1) is 12.2 Å². The second-order valence-corrected chi connectivity index (χ2v) is 3.61. The van der Waals surface area contributed by atoms with E-state index in [0.29, 0.717) is 13.2 Å². The third-order valence-corrected chi connectivity index (χ3v) is 2.22. The second-order valence-electron chi connectivity index (χ2n) is 3.61. The number of ether oxygens (including phenoxy) is 1. The minimum atomic E-state index is -0.985. The highest BCUT2D eigenvalue weighted by molar-refractivity contribution is 5.87. The molecular weight excluding hydrogens is 236 g/mol. The van der Waals surface area contributed by atoms with Crippen molar-refractivity contribution in [2.75, 3.05) is 20.3 Å². The van der Waals surface area contributed by atoms with Crippen LogP contribution in [-0.4, -0.2) is 37.4 Å². The number of hydrogen-bond acceptors (Lipinski definition) is 3. The Morgan fingerprint density at radius 3 is 2.78 bits per heavy atom. The van der Waals surface area contributed by atoms with Gasteiger partial charge in [-0.25, -0.2) is 9.59 Å². The summed E-state index contributed by atoms with van der Waals surface area (Å²) in [6.45, 7) is 1.15. The standard InChI is InChI=1S/C12H16N2O4/c1-18-6-5-13-12(17)14-8-9-3-2-4-10(7-9)11(15)16/h2-4,7H,5-6,8H2,1H3,(H,15,16)(H2,13,14,17). The predicted octanol–water partition coefficient (Wildman–Crippen LogP) is 0.830. The molecule has 18 heavy (non-hydrogen) atoms. The Balaban J connectivity index is 2.41. The van der Waals surface area contributed by atoms with E-state index in [1.165, 1.54) is 12.1 Å². The maximum absolute atomic E-state index is 11.3. The van der Waals surface area contributed by atoms with Crippen LogP contribution in [0.2, 0.25) is 0 Å². The average molecular weight is 252 g/mol. The van der Waals surface area contributed by atoms with E-state index in [9.17, 15) is 9.59 Å². The highest BCUT2D eigenvalue weighted by Gasteiger charge is 2.04. The van der Waals surface area contributed by atoms with E-state index in [0.717, 1.165) is 5.56 Å². The van der Waals surface area contributed by atoms with Crippen LogP contribution in [0.15, 0.2) is 24.3 Å². The molecule has 1 rings (SSSR count). The third-order valence-electron chi connectivity index (χ3n) is 2.22. The molecule has 1 aromatic rings. The minimum Gasteiger partial charge on any atom is -0.478 e. The Kier molecular flexibility index (Phi) is 5.66. The second kappa shape index (κ2) is 7.29. The monoisotopic (exact) mass is 252 g/mol. The minimum absolute atomic E-state index is 0.203. The summed E-state index contributed by atoms with van der Waals surface area (Å²) in [5, 5.41) is 14.0. The Morgan fingerprint density at radius 1 is 1.33 bits per heavy atom. The summed E-state index contributed by atoms with van der Waals surface area (Å²) >= 11 is 0. The Labute approximate surface area is 105 Å². The number of benzene rings is 1. The summed E-state index contributed by atoms with van der Waals surface area (Å²) in [5.74, 6) is -0.985. The number of nitrogens with one attached hydrogen (secondary N) is 2. The zero-order chi connectivity index (χ0) is 13.4. The number of carbonyl (C=O) groups is 2. The molecule has 0 saturated carbocycles. The van der Waals surface area contributed by atoms with E-state index < -0.39 is 5.97 Å². The van der Waals surface area contributed by atoms with Crippen molar-refractivity contribution in [1.29, 1.82) is 0 Å².